The Bertz CT molecular complexity index is 2640. The third kappa shape index (κ3) is 10.1. The van der Waals surface area contributed by atoms with Gasteiger partial charge in [0, 0.05) is 45.8 Å². The van der Waals surface area contributed by atoms with Gasteiger partial charge in [-0.25, -0.2) is 27.3 Å². The van der Waals surface area contributed by atoms with Gasteiger partial charge in [0.1, 0.15) is 43.1 Å². The predicted octanol–water partition coefficient (Wildman–Crippen LogP) is 8.07. The largest absolute Gasteiger partial charge is 2.00 e. The van der Waals surface area contributed by atoms with Crippen LogP contribution in [0.25, 0.3) is 21.5 Å². The number of benzene rings is 6. The molecule has 21 heteroatoms. The summed E-state index contributed by atoms with van der Waals surface area (Å²) in [5.41, 5.74) is 1.33. The van der Waals surface area contributed by atoms with Crippen LogP contribution in [-0.2, 0) is 33.1 Å². The van der Waals surface area contributed by atoms with E-state index in [0.29, 0.717) is 12.8 Å². The number of phenols is 2. The molecule has 0 radical (unpaired) electrons. The van der Waals surface area contributed by atoms with Crippen LogP contribution in [-0.4, -0.2) is 94.2 Å². The maximum Gasteiger partial charge on any atom is 2.00 e. The standard InChI is InChI=1S/2C18H15N3O6S.Ca/c2*1-2-11-7-8-15(21(23)24)14(9-11)19-20-18-13-6-4-3-5-12(13)17(10-16(18)22)28(25,26)27;/h2*3-10H,2H2,1H3,(H2-,19,22,23,24,25,26,27);/q;;+2. The molecule has 4 N–H and O–H groups in total. The minimum absolute atomic E-state index is 0. The van der Waals surface area contributed by atoms with Gasteiger partial charge < -0.3 is 19.3 Å². The van der Waals surface area contributed by atoms with Crippen molar-refractivity contribution in [1.82, 2.24) is 0 Å². The monoisotopic (exact) mass is 842 g/mol. The van der Waals surface area contributed by atoms with Gasteiger partial charge >= 0.3 is 49.1 Å². The average Bonchev–Trinajstić information content (AvgIpc) is 3.15. The molecule has 18 nitrogen and oxygen atoms in total. The molecule has 0 fully saturated rings. The average molecular weight is 843 g/mol. The Morgan fingerprint density at radius 3 is 1.18 bits per heavy atom. The minimum atomic E-state index is -4.83. The first-order valence-corrected chi connectivity index (χ1v) is 19.1. The van der Waals surface area contributed by atoms with Crippen LogP contribution in [0.15, 0.2) is 127 Å². The van der Waals surface area contributed by atoms with E-state index in [4.69, 9.17) is 0 Å². The van der Waals surface area contributed by atoms with E-state index in [2.05, 4.69) is 20.5 Å². The SMILES string of the molecule is CCc1ccc([N+](=O)O)c(N=Nc2c(O)cc(S(=O)(=O)[O-])c3ccccc23)c1.CCc1ccc([N+](=O)O)c(N=Nc2c(O)cc(S(=O)(=O)[O-])c3ccccc23)c1.[Ca+2]. The summed E-state index contributed by atoms with van der Waals surface area (Å²) in [5, 5.41) is 55.3. The summed E-state index contributed by atoms with van der Waals surface area (Å²) in [6, 6.07) is 22.8. The molecule has 0 heterocycles. The van der Waals surface area contributed by atoms with Gasteiger partial charge in [-0.1, -0.05) is 74.5 Å². The van der Waals surface area contributed by atoms with Crippen molar-refractivity contribution in [1.29, 1.82) is 0 Å². The molecule has 0 aliphatic heterocycles. The Balaban J connectivity index is 0.000000248. The third-order valence-corrected chi connectivity index (χ3v) is 10.0. The predicted molar refractivity (Wildman–Crippen MR) is 203 cm³/mol. The fourth-order valence-electron chi connectivity index (χ4n) is 5.52. The van der Waals surface area contributed by atoms with E-state index in [-0.39, 0.29) is 103 Å². The van der Waals surface area contributed by atoms with E-state index in [0.717, 1.165) is 23.3 Å². The van der Waals surface area contributed by atoms with Gasteiger partial charge in [0.15, 0.2) is 11.4 Å². The quantitative estimate of drug-likeness (QED) is 0.0441. The fourth-order valence-corrected chi connectivity index (χ4v) is 6.93. The van der Waals surface area contributed by atoms with Crippen molar-refractivity contribution in [3.8, 4) is 11.5 Å². The van der Waals surface area contributed by atoms with Crippen LogP contribution in [0.2, 0.25) is 0 Å². The summed E-state index contributed by atoms with van der Waals surface area (Å²) >= 11 is 0. The summed E-state index contributed by atoms with van der Waals surface area (Å²) < 4.78 is 68.9. The van der Waals surface area contributed by atoms with Crippen molar-refractivity contribution >= 4 is 114 Å². The molecule has 0 saturated heterocycles. The van der Waals surface area contributed by atoms with Crippen LogP contribution in [0.5, 0.6) is 11.5 Å². The second-order valence-corrected chi connectivity index (χ2v) is 14.5. The van der Waals surface area contributed by atoms with Gasteiger partial charge in [-0.05, 0) is 36.1 Å². The smallest absolute Gasteiger partial charge is 0.744 e. The normalized spacial score (nSPS) is 11.7. The first kappa shape index (κ1) is 44.2. The molecular formula is C36H30CaN6O12S2+2. The van der Waals surface area contributed by atoms with Crippen molar-refractivity contribution in [2.24, 2.45) is 20.5 Å². The van der Waals surface area contributed by atoms with Crippen molar-refractivity contribution in [2.75, 3.05) is 0 Å². The van der Waals surface area contributed by atoms with Crippen LogP contribution in [0.3, 0.4) is 0 Å². The second kappa shape index (κ2) is 18.2. The Labute approximate surface area is 354 Å². The molecule has 0 aliphatic carbocycles. The molecule has 288 valence electrons. The molecule has 57 heavy (non-hydrogen) atoms. The number of hydrogen-bond donors (Lipinski definition) is 4. The van der Waals surface area contributed by atoms with Crippen molar-refractivity contribution in [3.05, 3.63) is 118 Å². The number of aryl methyl sites for hydroxylation is 2. The van der Waals surface area contributed by atoms with E-state index in [1.165, 1.54) is 36.4 Å². The molecule has 0 bridgehead atoms. The van der Waals surface area contributed by atoms with Gasteiger partial charge in [-0.2, -0.15) is 0 Å². The number of phenolic OH excluding ortho intramolecular Hbond substituents is 2. The second-order valence-electron chi connectivity index (χ2n) is 11.8. The van der Waals surface area contributed by atoms with Gasteiger partial charge in [-0.3, -0.25) is 0 Å². The Morgan fingerprint density at radius 1 is 0.544 bits per heavy atom. The molecule has 0 aliphatic rings. The molecule has 0 unspecified atom stereocenters. The van der Waals surface area contributed by atoms with Crippen molar-refractivity contribution < 1.29 is 56.4 Å². The van der Waals surface area contributed by atoms with Crippen LogP contribution < -0.4 is 0 Å². The fraction of sp³-hybridized carbons (Fsp3) is 0.111. The summed E-state index contributed by atoms with van der Waals surface area (Å²) in [5.74, 6) is -1.12. The minimum Gasteiger partial charge on any atom is -0.744 e. The van der Waals surface area contributed by atoms with E-state index in [9.17, 15) is 56.4 Å². The number of aromatic hydroxyl groups is 2. The van der Waals surface area contributed by atoms with Crippen molar-refractivity contribution in [3.63, 3.8) is 0 Å². The maximum absolute atomic E-state index is 11.5. The zero-order valence-corrected chi connectivity index (χ0v) is 33.8. The zero-order valence-electron chi connectivity index (χ0n) is 29.9. The molecule has 0 saturated carbocycles. The van der Waals surface area contributed by atoms with E-state index in [1.54, 1.807) is 48.5 Å². The summed E-state index contributed by atoms with van der Waals surface area (Å²) in [6.07, 6.45) is 1.30. The summed E-state index contributed by atoms with van der Waals surface area (Å²) in [6.45, 7) is 3.79. The Morgan fingerprint density at radius 2 is 0.877 bits per heavy atom. The van der Waals surface area contributed by atoms with Gasteiger partial charge in [-0.15, -0.1) is 20.5 Å². The summed E-state index contributed by atoms with van der Waals surface area (Å²) in [4.78, 5) is 20.8. The maximum atomic E-state index is 11.5. The Kier molecular flexibility index (Phi) is 14.1. The number of fused-ring (bicyclic) bond motifs is 2. The summed E-state index contributed by atoms with van der Waals surface area (Å²) in [7, 11) is -9.65. The van der Waals surface area contributed by atoms with Gasteiger partial charge in [0.05, 0.1) is 19.6 Å². The van der Waals surface area contributed by atoms with Crippen LogP contribution in [0.1, 0.15) is 25.0 Å². The van der Waals surface area contributed by atoms with E-state index >= 15 is 0 Å². The third-order valence-electron chi connectivity index (χ3n) is 8.28. The number of rotatable bonds is 10. The number of azo groups is 2. The van der Waals surface area contributed by atoms with Crippen LogP contribution in [0.4, 0.5) is 34.1 Å². The van der Waals surface area contributed by atoms with E-state index < -0.39 is 41.5 Å². The zero-order chi connectivity index (χ0) is 40.9. The molecule has 6 aromatic rings. The first-order valence-electron chi connectivity index (χ1n) is 16.3. The topological polar surface area (TPSA) is 285 Å². The molecule has 6 aromatic carbocycles. The molecule has 0 amide bonds. The molecule has 0 atom stereocenters. The van der Waals surface area contributed by atoms with Crippen molar-refractivity contribution in [2.45, 2.75) is 36.5 Å². The number of nitrogens with zero attached hydrogens (tertiary/aromatic N) is 6. The molecule has 0 spiro atoms. The van der Waals surface area contributed by atoms with Gasteiger partial charge in [0.25, 0.3) is 9.85 Å². The van der Waals surface area contributed by atoms with E-state index in [1.807, 2.05) is 13.8 Å². The number of hydrogen-bond acceptors (Lipinski definition) is 14. The van der Waals surface area contributed by atoms with Crippen LogP contribution in [0, 0.1) is 9.81 Å². The first-order chi connectivity index (χ1) is 26.4. The molecular weight excluding hydrogens is 813 g/mol. The van der Waals surface area contributed by atoms with Gasteiger partial charge in [0.2, 0.25) is 0 Å². The Hall–Kier alpha value is -5.48. The molecule has 0 aromatic heterocycles. The molecule has 6 rings (SSSR count). The van der Waals surface area contributed by atoms with Crippen LogP contribution >= 0.6 is 0 Å².